The molecule has 51 valence electrons. The van der Waals surface area contributed by atoms with Crippen LogP contribution in [0, 0.1) is 12.3 Å². The Labute approximate surface area is 86.8 Å². The summed E-state index contributed by atoms with van der Waals surface area (Å²) in [5, 5.41) is 0. The molecule has 1 aromatic heterocycles. The molecule has 0 spiro atoms. The Morgan fingerprint density at radius 2 is 2.40 bits per heavy atom. The molecule has 1 heterocycles. The molecule has 1 rings (SSSR count). The number of hydrogen-bond donors (Lipinski definition) is 1. The van der Waals surface area contributed by atoms with E-state index in [1.165, 1.54) is 0 Å². The van der Waals surface area contributed by atoms with E-state index >= 15 is 0 Å². The van der Waals surface area contributed by atoms with Crippen molar-refractivity contribution >= 4 is 5.57 Å². The smallest absolute Gasteiger partial charge is 0 e. The summed E-state index contributed by atoms with van der Waals surface area (Å²) < 4.78 is 0. The van der Waals surface area contributed by atoms with Gasteiger partial charge in [0.2, 0.25) is 0 Å². The molecule has 1 nitrogen and oxygen atoms in total. The van der Waals surface area contributed by atoms with Crippen molar-refractivity contribution in [3.8, 4) is 0 Å². The Balaban J connectivity index is 0.000000810. The number of rotatable bonds is 1. The summed E-state index contributed by atoms with van der Waals surface area (Å²) in [5.41, 5.74) is 2.23. The van der Waals surface area contributed by atoms with Crippen molar-refractivity contribution in [2.24, 2.45) is 0 Å². The van der Waals surface area contributed by atoms with E-state index in [-0.39, 0.29) is 32.7 Å². The molecular weight excluding hydrogens is 199 g/mol. The predicted molar refractivity (Wildman–Crippen MR) is 37.6 cm³/mol. The van der Waals surface area contributed by atoms with Crippen LogP contribution >= 0.6 is 0 Å². The molecule has 0 saturated heterocycles. The van der Waals surface area contributed by atoms with Crippen LogP contribution in [0.25, 0.3) is 5.57 Å². The van der Waals surface area contributed by atoms with E-state index in [1.54, 1.807) is 0 Å². The van der Waals surface area contributed by atoms with Crippen molar-refractivity contribution in [3.05, 3.63) is 30.1 Å². The van der Waals surface area contributed by atoms with E-state index in [9.17, 15) is 0 Å². The second kappa shape index (κ2) is 4.87. The molecule has 0 bridgehead atoms. The second-order valence-corrected chi connectivity index (χ2v) is 1.89. The average molecular weight is 208 g/mol. The molecule has 1 aromatic rings. The fourth-order valence-electron chi connectivity index (χ4n) is 0.640. The summed E-state index contributed by atoms with van der Waals surface area (Å²) in [6.45, 7) is 3.91. The van der Waals surface area contributed by atoms with E-state index in [2.05, 4.69) is 17.3 Å². The van der Waals surface area contributed by atoms with Gasteiger partial charge in [0.1, 0.15) is 0 Å². The first-order valence-corrected chi connectivity index (χ1v) is 2.91. The van der Waals surface area contributed by atoms with Gasteiger partial charge in [0, 0.05) is 32.7 Å². The van der Waals surface area contributed by atoms with Gasteiger partial charge in [0.05, 0.1) is 0 Å². The fourth-order valence-corrected chi connectivity index (χ4v) is 0.640. The van der Waals surface area contributed by atoms with E-state index in [0.29, 0.717) is 0 Å². The third-order valence-corrected chi connectivity index (χ3v) is 1.32. The molecule has 10 heavy (non-hydrogen) atoms. The third kappa shape index (κ3) is 2.39. The van der Waals surface area contributed by atoms with Crippen LogP contribution in [0.15, 0.2) is 12.3 Å². The van der Waals surface area contributed by atoms with Crippen LogP contribution in [-0.4, -0.2) is 4.98 Å². The Bertz CT molecular complexity index is 199. The van der Waals surface area contributed by atoms with Crippen molar-refractivity contribution in [1.29, 1.82) is 0 Å². The van der Waals surface area contributed by atoms with Gasteiger partial charge in [-0.15, -0.1) is 20.0 Å². The van der Waals surface area contributed by atoms with Crippen LogP contribution in [0.3, 0.4) is 0 Å². The van der Waals surface area contributed by atoms with Gasteiger partial charge in [-0.1, -0.05) is 0 Å². The number of aromatic amines is 1. The molecule has 1 N–H and O–H groups in total. The monoisotopic (exact) mass is 208 g/mol. The van der Waals surface area contributed by atoms with Crippen molar-refractivity contribution in [2.75, 3.05) is 0 Å². The van der Waals surface area contributed by atoms with Crippen LogP contribution in [0.5, 0.6) is 0 Å². The molecule has 0 saturated carbocycles. The van der Waals surface area contributed by atoms with Gasteiger partial charge >= 0.3 is 0 Å². The first kappa shape index (κ1) is 10.1. The maximum Gasteiger partial charge on any atom is 0 e. The van der Waals surface area contributed by atoms with Crippen LogP contribution in [0.1, 0.15) is 19.4 Å². The van der Waals surface area contributed by atoms with Crippen LogP contribution in [-0.2, 0) is 32.7 Å². The normalized spacial score (nSPS) is 10.8. The van der Waals surface area contributed by atoms with Crippen molar-refractivity contribution < 1.29 is 32.7 Å². The fraction of sp³-hybridized carbons (Fsp3) is 0.250. The maximum atomic E-state index is 3.03. The summed E-state index contributed by atoms with van der Waals surface area (Å²) in [7, 11) is 0. The number of H-pyrrole nitrogens is 1. The number of allylic oxidation sites excluding steroid dienone is 2. The Morgan fingerprint density at radius 1 is 1.70 bits per heavy atom. The van der Waals surface area contributed by atoms with Gasteiger partial charge in [-0.3, -0.25) is 5.56 Å². The summed E-state index contributed by atoms with van der Waals surface area (Å²) in [4.78, 5) is 2.86. The van der Waals surface area contributed by atoms with Gasteiger partial charge in [-0.25, -0.2) is 6.07 Å². The van der Waals surface area contributed by atoms with Gasteiger partial charge in [-0.05, 0) is 0 Å². The number of nitrogens with one attached hydrogen (secondary N) is 1. The maximum absolute atomic E-state index is 3.03. The van der Waals surface area contributed by atoms with Crippen molar-refractivity contribution in [2.45, 2.75) is 13.8 Å². The zero-order chi connectivity index (χ0) is 6.69. The third-order valence-electron chi connectivity index (χ3n) is 1.32. The number of hydrogen-bond acceptors (Lipinski definition) is 0. The van der Waals surface area contributed by atoms with Gasteiger partial charge in [0.15, 0.2) is 0 Å². The zero-order valence-corrected chi connectivity index (χ0v) is 9.07. The Morgan fingerprint density at radius 3 is 2.80 bits per heavy atom. The van der Waals surface area contributed by atoms with Gasteiger partial charge in [0.25, 0.3) is 0 Å². The molecule has 0 aliphatic rings. The molecule has 0 atom stereocenters. The molecule has 0 unspecified atom stereocenters. The Hall–Kier alpha value is 0.124. The molecule has 0 aromatic carbocycles. The van der Waals surface area contributed by atoms with E-state index in [1.807, 2.05) is 26.1 Å². The summed E-state index contributed by atoms with van der Waals surface area (Å²) >= 11 is 0. The largest absolute Gasteiger partial charge is 0.472 e. The molecule has 0 fully saturated rings. The minimum Gasteiger partial charge on any atom is -0.472 e. The van der Waals surface area contributed by atoms with Crippen LogP contribution < -0.4 is 0 Å². The van der Waals surface area contributed by atoms with Gasteiger partial charge < -0.3 is 16.6 Å². The zero-order valence-electron chi connectivity index (χ0n) is 6.23. The number of aromatic nitrogens is 1. The standard InChI is InChI=1S/C8H9N.Y/c1-3-7(2)8-4-5-9-6-8;/h4-5,9H,1-2H3;/q-2;. The quantitative estimate of drug-likeness (QED) is 0.679. The van der Waals surface area contributed by atoms with Crippen molar-refractivity contribution in [3.63, 3.8) is 0 Å². The molecule has 0 aliphatic carbocycles. The first-order chi connectivity index (χ1) is 4.34. The Kier molecular flexibility index (Phi) is 4.93. The molecule has 1 radical (unpaired) electrons. The summed E-state index contributed by atoms with van der Waals surface area (Å²) in [6.07, 6.45) is 7.85. The predicted octanol–water partition coefficient (Wildman–Crippen LogP) is 2.04. The molecule has 0 aliphatic heterocycles. The topological polar surface area (TPSA) is 15.8 Å². The second-order valence-electron chi connectivity index (χ2n) is 1.89. The van der Waals surface area contributed by atoms with Crippen LogP contribution in [0.4, 0.5) is 0 Å². The molecule has 2 heteroatoms. The average Bonchev–Trinajstić information content (AvgIpc) is 2.37. The van der Waals surface area contributed by atoms with Gasteiger partial charge in [-0.2, -0.15) is 6.20 Å². The van der Waals surface area contributed by atoms with Crippen LogP contribution in [0.2, 0.25) is 0 Å². The minimum absolute atomic E-state index is 0. The minimum atomic E-state index is 0. The van der Waals surface area contributed by atoms with E-state index < -0.39 is 0 Å². The molecular formula is C8H9NY-2. The van der Waals surface area contributed by atoms with E-state index in [4.69, 9.17) is 0 Å². The summed E-state index contributed by atoms with van der Waals surface area (Å²) in [6, 6.07) is 1.98. The van der Waals surface area contributed by atoms with Crippen molar-refractivity contribution in [1.82, 2.24) is 4.98 Å². The first-order valence-electron chi connectivity index (χ1n) is 2.91. The summed E-state index contributed by atoms with van der Waals surface area (Å²) in [5.74, 6) is 0. The SMILES string of the molecule is C[C-]=C(C)c1[c-][nH]cc1.[Y]. The van der Waals surface area contributed by atoms with E-state index in [0.717, 1.165) is 11.1 Å². The molecule has 0 amide bonds.